The van der Waals surface area contributed by atoms with Gasteiger partial charge in [-0.3, -0.25) is 9.69 Å². The average molecular weight is 635 g/mol. The molecule has 0 aliphatic carbocycles. The minimum atomic E-state index is -0.761. The van der Waals surface area contributed by atoms with E-state index in [0.29, 0.717) is 40.5 Å². The Bertz CT molecular complexity index is 1180. The quantitative estimate of drug-likeness (QED) is 0.377. The van der Waals surface area contributed by atoms with Gasteiger partial charge in [-0.25, -0.2) is 8.10 Å². The maximum atomic E-state index is 13.3. The molecular formula is C26H35IN8O3. The predicted molar refractivity (Wildman–Crippen MR) is 156 cm³/mol. The van der Waals surface area contributed by atoms with E-state index in [1.54, 1.807) is 43.6 Å². The molecule has 3 aliphatic heterocycles. The summed E-state index contributed by atoms with van der Waals surface area (Å²) in [5.74, 6) is 1.61. The highest BCUT2D eigenvalue weighted by atomic mass is 127. The summed E-state index contributed by atoms with van der Waals surface area (Å²) in [6, 6.07) is 5.99. The summed E-state index contributed by atoms with van der Waals surface area (Å²) in [4.78, 5) is 30.5. The van der Waals surface area contributed by atoms with Gasteiger partial charge in [0, 0.05) is 94.0 Å². The standard InChI is InChI=1S/C26H35IN8O3/c1-31-9-8-23(36)32(2)21-17-28-26(30-24(21)31)29-20-5-4-18(16-22(20)38-3)25(37)34-10-6-19(7-11-34)33-12-14-35(27)15-13-33/h4-5,8-9,16-17,19,23,36H,6-7,10-15H2,1-3H3,(H,28,29,30). The van der Waals surface area contributed by atoms with Crippen LogP contribution in [-0.2, 0) is 0 Å². The molecule has 2 saturated heterocycles. The Hall–Kier alpha value is -2.68. The van der Waals surface area contributed by atoms with Crippen LogP contribution in [0.2, 0.25) is 0 Å². The first-order chi connectivity index (χ1) is 18.3. The molecule has 0 saturated carbocycles. The van der Waals surface area contributed by atoms with Gasteiger partial charge in [-0.05, 0) is 37.1 Å². The summed E-state index contributed by atoms with van der Waals surface area (Å²) in [7, 11) is 5.24. The molecule has 1 atom stereocenters. The van der Waals surface area contributed by atoms with Gasteiger partial charge in [0.05, 0.1) is 19.0 Å². The third-order valence-corrected chi connectivity index (χ3v) is 8.53. The van der Waals surface area contributed by atoms with Crippen molar-refractivity contribution in [2.75, 3.05) is 75.6 Å². The number of aliphatic hydroxyl groups is 1. The summed E-state index contributed by atoms with van der Waals surface area (Å²) in [5.41, 5.74) is 1.98. The molecule has 1 aromatic carbocycles. The highest BCUT2D eigenvalue weighted by molar-refractivity contribution is 14.1. The van der Waals surface area contributed by atoms with E-state index in [-0.39, 0.29) is 5.91 Å². The number of carbonyl (C=O) groups is 1. The number of benzene rings is 1. The summed E-state index contributed by atoms with van der Waals surface area (Å²) in [6.45, 7) is 5.95. The van der Waals surface area contributed by atoms with Crippen molar-refractivity contribution in [2.45, 2.75) is 25.1 Å². The molecule has 1 aromatic heterocycles. The molecule has 2 N–H and O–H groups in total. The maximum absolute atomic E-state index is 13.3. The second kappa shape index (κ2) is 11.6. The van der Waals surface area contributed by atoms with Crippen LogP contribution in [0.4, 0.5) is 23.1 Å². The van der Waals surface area contributed by atoms with Crippen LogP contribution in [0, 0.1) is 0 Å². The zero-order valence-electron chi connectivity index (χ0n) is 22.0. The number of nitrogens with zero attached hydrogens (tertiary/aromatic N) is 7. The monoisotopic (exact) mass is 634 g/mol. The Morgan fingerprint density at radius 1 is 1.13 bits per heavy atom. The number of amides is 1. The maximum Gasteiger partial charge on any atom is 0.253 e. The van der Waals surface area contributed by atoms with Crippen LogP contribution in [0.3, 0.4) is 0 Å². The first-order valence-electron chi connectivity index (χ1n) is 12.9. The Labute approximate surface area is 237 Å². The van der Waals surface area contributed by atoms with E-state index < -0.39 is 6.23 Å². The summed E-state index contributed by atoms with van der Waals surface area (Å²) < 4.78 is 7.97. The lowest BCUT2D eigenvalue weighted by Crippen LogP contribution is -2.52. The van der Waals surface area contributed by atoms with Crippen LogP contribution in [0.15, 0.2) is 36.7 Å². The van der Waals surface area contributed by atoms with E-state index in [2.05, 4.69) is 46.2 Å². The van der Waals surface area contributed by atoms with Crippen LogP contribution in [0.1, 0.15) is 23.2 Å². The van der Waals surface area contributed by atoms with Crippen molar-refractivity contribution < 1.29 is 14.6 Å². The Morgan fingerprint density at radius 3 is 2.58 bits per heavy atom. The number of rotatable bonds is 5. The molecule has 5 rings (SSSR count). The molecule has 11 nitrogen and oxygen atoms in total. The second-order valence-electron chi connectivity index (χ2n) is 9.89. The van der Waals surface area contributed by atoms with Gasteiger partial charge in [-0.1, -0.05) is 0 Å². The van der Waals surface area contributed by atoms with E-state index >= 15 is 0 Å². The van der Waals surface area contributed by atoms with Crippen LogP contribution >= 0.6 is 22.9 Å². The fourth-order valence-corrected chi connectivity index (χ4v) is 5.64. The topological polar surface area (TPSA) is 101 Å². The Morgan fingerprint density at radius 2 is 1.87 bits per heavy atom. The number of piperidine rings is 1. The van der Waals surface area contributed by atoms with Gasteiger partial charge in [0.2, 0.25) is 5.95 Å². The van der Waals surface area contributed by atoms with Crippen molar-refractivity contribution >= 4 is 51.9 Å². The van der Waals surface area contributed by atoms with Crippen molar-refractivity contribution in [2.24, 2.45) is 0 Å². The summed E-state index contributed by atoms with van der Waals surface area (Å²) >= 11 is 2.40. The van der Waals surface area contributed by atoms with E-state index in [1.807, 2.05) is 29.0 Å². The van der Waals surface area contributed by atoms with Crippen molar-refractivity contribution in [3.8, 4) is 5.75 Å². The van der Waals surface area contributed by atoms with Gasteiger partial charge >= 0.3 is 0 Å². The Balaban J connectivity index is 1.26. The number of methoxy groups -OCH3 is 1. The molecule has 204 valence electrons. The number of fused-ring (bicyclic) bond motifs is 1. The number of halogens is 1. The number of piperazine rings is 1. The average Bonchev–Trinajstić information content (AvgIpc) is 3.05. The smallest absolute Gasteiger partial charge is 0.253 e. The number of hydrogen-bond acceptors (Lipinski definition) is 10. The van der Waals surface area contributed by atoms with E-state index in [1.165, 1.54) is 0 Å². The lowest BCUT2D eigenvalue weighted by molar-refractivity contribution is 0.0576. The first-order valence-corrected chi connectivity index (χ1v) is 13.9. The van der Waals surface area contributed by atoms with Gasteiger partial charge in [0.15, 0.2) is 5.82 Å². The molecule has 0 radical (unpaired) electrons. The second-order valence-corrected chi connectivity index (χ2v) is 11.3. The van der Waals surface area contributed by atoms with Crippen LogP contribution < -0.4 is 19.9 Å². The van der Waals surface area contributed by atoms with Gasteiger partial charge in [0.1, 0.15) is 17.7 Å². The fourth-order valence-electron chi connectivity index (χ4n) is 5.21. The van der Waals surface area contributed by atoms with Crippen LogP contribution in [0.5, 0.6) is 5.75 Å². The number of nitrogens with one attached hydrogen (secondary N) is 1. The van der Waals surface area contributed by atoms with E-state index in [4.69, 9.17) is 4.74 Å². The molecule has 38 heavy (non-hydrogen) atoms. The van der Waals surface area contributed by atoms with Crippen LogP contribution in [-0.4, -0.2) is 107 Å². The molecular weight excluding hydrogens is 599 g/mol. The molecule has 0 bridgehead atoms. The molecule has 3 aliphatic rings. The number of hydrogen-bond donors (Lipinski definition) is 2. The minimum Gasteiger partial charge on any atom is -0.495 e. The molecule has 2 aromatic rings. The summed E-state index contributed by atoms with van der Waals surface area (Å²) in [5, 5.41) is 13.4. The van der Waals surface area contributed by atoms with Crippen molar-refractivity contribution in [1.82, 2.24) is 22.9 Å². The van der Waals surface area contributed by atoms with Crippen molar-refractivity contribution in [1.29, 1.82) is 0 Å². The zero-order chi connectivity index (χ0) is 26.8. The highest BCUT2D eigenvalue weighted by Crippen LogP contribution is 2.33. The van der Waals surface area contributed by atoms with E-state index in [0.717, 1.165) is 52.1 Å². The molecule has 0 spiro atoms. The lowest BCUT2D eigenvalue weighted by Gasteiger charge is -2.41. The van der Waals surface area contributed by atoms with Gasteiger partial charge in [0.25, 0.3) is 5.91 Å². The summed E-state index contributed by atoms with van der Waals surface area (Å²) in [6.07, 6.45) is 6.39. The number of likely N-dealkylation sites (N-methyl/N-ethyl adjacent to an activating group) is 1. The number of likely N-dealkylation sites (tertiary alicyclic amines) is 1. The number of carbonyl (C=O) groups excluding carboxylic acids is 1. The van der Waals surface area contributed by atoms with Crippen molar-refractivity contribution in [3.05, 3.63) is 42.2 Å². The fraction of sp³-hybridized carbons (Fsp3) is 0.500. The number of ether oxygens (including phenoxy) is 1. The first kappa shape index (κ1) is 26.9. The number of aliphatic hydroxyl groups excluding tert-OH is 1. The SMILES string of the molecule is COc1cc(C(=O)N2CCC(N3CCN(I)CC3)CC2)ccc1Nc1ncc2c(n1)N(C)C=CC(O)N2C. The molecule has 1 amide bonds. The largest absolute Gasteiger partial charge is 0.495 e. The normalized spacial score (nSPS) is 21.3. The van der Waals surface area contributed by atoms with Crippen molar-refractivity contribution in [3.63, 3.8) is 0 Å². The van der Waals surface area contributed by atoms with Gasteiger partial charge in [-0.2, -0.15) is 4.98 Å². The van der Waals surface area contributed by atoms with E-state index in [9.17, 15) is 9.90 Å². The van der Waals surface area contributed by atoms with Gasteiger partial charge in [-0.15, -0.1) is 0 Å². The lowest BCUT2D eigenvalue weighted by atomic mass is 10.0. The third kappa shape index (κ3) is 5.67. The Kier molecular flexibility index (Phi) is 8.21. The molecule has 2 fully saturated rings. The number of aromatic nitrogens is 2. The minimum absolute atomic E-state index is 0.0293. The zero-order valence-corrected chi connectivity index (χ0v) is 24.2. The molecule has 1 unspecified atom stereocenters. The highest BCUT2D eigenvalue weighted by Gasteiger charge is 2.29. The number of anilines is 4. The van der Waals surface area contributed by atoms with Gasteiger partial charge < -0.3 is 29.9 Å². The van der Waals surface area contributed by atoms with Crippen LogP contribution in [0.25, 0.3) is 0 Å². The third-order valence-electron chi connectivity index (χ3n) is 7.57. The molecule has 12 heteroatoms. The predicted octanol–water partition coefficient (Wildman–Crippen LogP) is 2.52. The molecule has 4 heterocycles.